The Kier molecular flexibility index (Phi) is 3.58. The third-order valence-corrected chi connectivity index (χ3v) is 2.63. The summed E-state index contributed by atoms with van der Waals surface area (Å²) < 4.78 is 7.15. The average molecular weight is 235 g/mol. The van der Waals surface area contributed by atoms with Crippen molar-refractivity contribution in [1.29, 1.82) is 0 Å². The van der Waals surface area contributed by atoms with Gasteiger partial charge in [-0.2, -0.15) is 0 Å². The molecule has 0 radical (unpaired) electrons. The number of aryl methyl sites for hydroxylation is 1. The number of furan rings is 1. The Morgan fingerprint density at radius 2 is 2.29 bits per heavy atom. The van der Waals surface area contributed by atoms with Gasteiger partial charge in [0.2, 0.25) is 0 Å². The van der Waals surface area contributed by atoms with E-state index in [1.807, 2.05) is 12.1 Å². The molecule has 0 bridgehead atoms. The number of rotatable bonds is 5. The lowest BCUT2D eigenvalue weighted by atomic mass is 10.1. The van der Waals surface area contributed by atoms with Gasteiger partial charge in [0.1, 0.15) is 11.4 Å². The fourth-order valence-electron chi connectivity index (χ4n) is 1.68. The van der Waals surface area contributed by atoms with Crippen molar-refractivity contribution >= 4 is 0 Å². The van der Waals surface area contributed by atoms with Crippen LogP contribution >= 0.6 is 0 Å². The van der Waals surface area contributed by atoms with Crippen LogP contribution in [0.2, 0.25) is 0 Å². The second-order valence-electron chi connectivity index (χ2n) is 4.43. The van der Waals surface area contributed by atoms with Crippen LogP contribution in [-0.2, 0) is 13.2 Å². The molecule has 0 aliphatic rings. The highest BCUT2D eigenvalue weighted by molar-refractivity contribution is 5.54. The number of hydrogen-bond acceptors (Lipinski definition) is 4. The Balaban J connectivity index is 2.30. The number of aliphatic hydroxyl groups excluding tert-OH is 1. The van der Waals surface area contributed by atoms with Crippen LogP contribution in [0.15, 0.2) is 22.8 Å². The summed E-state index contributed by atoms with van der Waals surface area (Å²) in [6, 6.07) is 3.67. The van der Waals surface area contributed by atoms with Crippen LogP contribution in [0.3, 0.4) is 0 Å². The quantitative estimate of drug-likeness (QED) is 0.861. The maximum atomic E-state index is 9.25. The summed E-state index contributed by atoms with van der Waals surface area (Å²) >= 11 is 0. The molecular weight excluding hydrogens is 218 g/mol. The number of aromatic nitrogens is 3. The second kappa shape index (κ2) is 5.14. The average Bonchev–Trinajstić information content (AvgIpc) is 2.94. The Labute approximate surface area is 100 Å². The van der Waals surface area contributed by atoms with Crippen LogP contribution in [0.4, 0.5) is 0 Å². The van der Waals surface area contributed by atoms with Gasteiger partial charge in [-0.25, -0.2) is 4.68 Å². The molecule has 5 heteroatoms. The molecule has 5 nitrogen and oxygen atoms in total. The number of aliphatic hydroxyl groups is 1. The van der Waals surface area contributed by atoms with Gasteiger partial charge in [-0.1, -0.05) is 19.1 Å². The number of nitrogens with zero attached hydrogens (tertiary/aromatic N) is 3. The van der Waals surface area contributed by atoms with Crippen molar-refractivity contribution in [2.24, 2.45) is 5.92 Å². The summed E-state index contributed by atoms with van der Waals surface area (Å²) in [6.45, 7) is 4.98. The molecule has 0 aliphatic carbocycles. The van der Waals surface area contributed by atoms with E-state index in [1.165, 1.54) is 0 Å². The van der Waals surface area contributed by atoms with Crippen molar-refractivity contribution in [2.75, 3.05) is 0 Å². The molecule has 0 aromatic carbocycles. The Morgan fingerprint density at radius 1 is 1.47 bits per heavy atom. The highest BCUT2D eigenvalue weighted by Gasteiger charge is 2.16. The van der Waals surface area contributed by atoms with Gasteiger partial charge in [-0.05, 0) is 24.5 Å². The van der Waals surface area contributed by atoms with Crippen molar-refractivity contribution in [3.8, 4) is 11.5 Å². The van der Waals surface area contributed by atoms with E-state index in [-0.39, 0.29) is 6.61 Å². The predicted octanol–water partition coefficient (Wildman–Crippen LogP) is 2.08. The zero-order chi connectivity index (χ0) is 12.3. The Bertz CT molecular complexity index is 460. The first-order chi connectivity index (χ1) is 8.22. The molecule has 0 aliphatic heterocycles. The third-order valence-electron chi connectivity index (χ3n) is 2.63. The monoisotopic (exact) mass is 235 g/mol. The molecule has 1 N–H and O–H groups in total. The minimum atomic E-state index is -0.127. The minimum absolute atomic E-state index is 0.127. The van der Waals surface area contributed by atoms with Crippen molar-refractivity contribution < 1.29 is 9.52 Å². The lowest BCUT2D eigenvalue weighted by Crippen LogP contribution is -2.05. The molecule has 0 fully saturated rings. The van der Waals surface area contributed by atoms with Crippen molar-refractivity contribution in [3.05, 3.63) is 24.1 Å². The molecule has 17 heavy (non-hydrogen) atoms. The molecule has 0 amide bonds. The van der Waals surface area contributed by atoms with E-state index in [0.29, 0.717) is 17.4 Å². The van der Waals surface area contributed by atoms with E-state index in [4.69, 9.17) is 4.42 Å². The van der Waals surface area contributed by atoms with Crippen LogP contribution < -0.4 is 0 Å². The topological polar surface area (TPSA) is 64.1 Å². The van der Waals surface area contributed by atoms with Crippen LogP contribution in [0.1, 0.15) is 26.0 Å². The zero-order valence-electron chi connectivity index (χ0n) is 10.1. The molecule has 92 valence electrons. The van der Waals surface area contributed by atoms with E-state index >= 15 is 0 Å². The summed E-state index contributed by atoms with van der Waals surface area (Å²) in [6.07, 6.45) is 2.62. The molecule has 0 atom stereocenters. The SMILES string of the molecule is CC(C)CCn1nnc(CO)c1-c1ccco1. The van der Waals surface area contributed by atoms with Crippen molar-refractivity contribution in [2.45, 2.75) is 33.4 Å². The van der Waals surface area contributed by atoms with Gasteiger partial charge in [0, 0.05) is 6.54 Å². The third kappa shape index (κ3) is 2.55. The zero-order valence-corrected chi connectivity index (χ0v) is 10.1. The fourth-order valence-corrected chi connectivity index (χ4v) is 1.68. The van der Waals surface area contributed by atoms with Crippen LogP contribution in [-0.4, -0.2) is 20.1 Å². The summed E-state index contributed by atoms with van der Waals surface area (Å²) in [5, 5.41) is 17.3. The van der Waals surface area contributed by atoms with Crippen LogP contribution in [0.25, 0.3) is 11.5 Å². The molecule has 0 saturated heterocycles. The van der Waals surface area contributed by atoms with Crippen molar-refractivity contribution in [1.82, 2.24) is 15.0 Å². The van der Waals surface area contributed by atoms with Gasteiger partial charge >= 0.3 is 0 Å². The molecule has 2 aromatic rings. The van der Waals surface area contributed by atoms with Crippen molar-refractivity contribution in [3.63, 3.8) is 0 Å². The molecule has 0 saturated carbocycles. The lowest BCUT2D eigenvalue weighted by Gasteiger charge is -2.07. The Hall–Kier alpha value is -1.62. The highest BCUT2D eigenvalue weighted by atomic mass is 16.3. The Morgan fingerprint density at radius 3 is 2.88 bits per heavy atom. The van der Waals surface area contributed by atoms with E-state index < -0.39 is 0 Å². The first-order valence-corrected chi connectivity index (χ1v) is 5.79. The molecule has 0 spiro atoms. The van der Waals surface area contributed by atoms with Crippen LogP contribution in [0, 0.1) is 5.92 Å². The standard InChI is InChI=1S/C12H17N3O2/c1-9(2)5-6-15-12(10(8-16)13-14-15)11-4-3-7-17-11/h3-4,7,9,16H,5-6,8H2,1-2H3. The summed E-state index contributed by atoms with van der Waals surface area (Å²) in [4.78, 5) is 0. The molecule has 2 aromatic heterocycles. The predicted molar refractivity (Wildman–Crippen MR) is 63.1 cm³/mol. The maximum Gasteiger partial charge on any atom is 0.153 e. The van der Waals surface area contributed by atoms with Gasteiger partial charge in [0.15, 0.2) is 5.76 Å². The smallest absolute Gasteiger partial charge is 0.153 e. The van der Waals surface area contributed by atoms with E-state index in [9.17, 15) is 5.11 Å². The fraction of sp³-hybridized carbons (Fsp3) is 0.500. The van der Waals surface area contributed by atoms with Gasteiger partial charge < -0.3 is 9.52 Å². The van der Waals surface area contributed by atoms with Gasteiger partial charge in [-0.15, -0.1) is 5.10 Å². The maximum absolute atomic E-state index is 9.25. The summed E-state index contributed by atoms with van der Waals surface area (Å²) in [7, 11) is 0. The molecule has 0 unspecified atom stereocenters. The summed E-state index contributed by atoms with van der Waals surface area (Å²) in [5.41, 5.74) is 1.34. The van der Waals surface area contributed by atoms with Gasteiger partial charge in [0.05, 0.1) is 12.9 Å². The van der Waals surface area contributed by atoms with Crippen LogP contribution in [0.5, 0.6) is 0 Å². The summed E-state index contributed by atoms with van der Waals surface area (Å²) in [5.74, 6) is 1.30. The van der Waals surface area contributed by atoms with Gasteiger partial charge in [-0.3, -0.25) is 0 Å². The normalized spacial score (nSPS) is 11.3. The van der Waals surface area contributed by atoms with E-state index in [2.05, 4.69) is 24.2 Å². The molecule has 2 heterocycles. The first kappa shape index (κ1) is 11.9. The number of hydrogen-bond donors (Lipinski definition) is 1. The highest BCUT2D eigenvalue weighted by Crippen LogP contribution is 2.23. The molecule has 2 rings (SSSR count). The molecular formula is C12H17N3O2. The largest absolute Gasteiger partial charge is 0.463 e. The minimum Gasteiger partial charge on any atom is -0.463 e. The lowest BCUT2D eigenvalue weighted by molar-refractivity contribution is 0.277. The first-order valence-electron chi connectivity index (χ1n) is 5.79. The van der Waals surface area contributed by atoms with Gasteiger partial charge in [0.25, 0.3) is 0 Å². The van der Waals surface area contributed by atoms with E-state index in [0.717, 1.165) is 18.7 Å². The van der Waals surface area contributed by atoms with E-state index in [1.54, 1.807) is 10.9 Å². The second-order valence-corrected chi connectivity index (χ2v) is 4.43.